The summed E-state index contributed by atoms with van der Waals surface area (Å²) in [6.45, 7) is 4.04. The van der Waals surface area contributed by atoms with Crippen LogP contribution in [0.1, 0.15) is 47.2 Å². The van der Waals surface area contributed by atoms with Crippen LogP contribution in [-0.4, -0.2) is 16.9 Å². The molecule has 0 bridgehead atoms. The number of carboxylic acid groups (broad SMARTS) is 1. The molecule has 1 saturated carbocycles. The molecule has 0 saturated heterocycles. The second kappa shape index (κ2) is 5.55. The standard InChI is InChI=1S/C16H20O3/c1-10-3-4-14(9-11(10)2)15(17)12-5-7-13(8-6-12)16(18)19/h3-4,9,12-13H,5-8H2,1-2H3,(H,18,19). The Morgan fingerprint density at radius 1 is 1.00 bits per heavy atom. The molecule has 102 valence electrons. The van der Waals surface area contributed by atoms with Crippen molar-refractivity contribution in [3.8, 4) is 0 Å². The highest BCUT2D eigenvalue weighted by Crippen LogP contribution is 2.31. The minimum Gasteiger partial charge on any atom is -0.481 e. The fraction of sp³-hybridized carbons (Fsp3) is 0.500. The smallest absolute Gasteiger partial charge is 0.306 e. The van der Waals surface area contributed by atoms with Gasteiger partial charge in [0, 0.05) is 11.5 Å². The quantitative estimate of drug-likeness (QED) is 0.848. The number of benzene rings is 1. The van der Waals surface area contributed by atoms with Gasteiger partial charge in [0.25, 0.3) is 0 Å². The zero-order valence-electron chi connectivity index (χ0n) is 11.5. The number of hydrogen-bond donors (Lipinski definition) is 1. The average molecular weight is 260 g/mol. The summed E-state index contributed by atoms with van der Waals surface area (Å²) >= 11 is 0. The van der Waals surface area contributed by atoms with Crippen LogP contribution in [-0.2, 0) is 4.79 Å². The van der Waals surface area contributed by atoms with Gasteiger partial charge in [-0.15, -0.1) is 0 Å². The van der Waals surface area contributed by atoms with E-state index in [0.717, 1.165) is 11.1 Å². The molecule has 0 unspecified atom stereocenters. The maximum atomic E-state index is 12.4. The largest absolute Gasteiger partial charge is 0.481 e. The number of carboxylic acids is 1. The van der Waals surface area contributed by atoms with Crippen LogP contribution in [0.15, 0.2) is 18.2 Å². The van der Waals surface area contributed by atoms with Gasteiger partial charge in [-0.05, 0) is 56.7 Å². The van der Waals surface area contributed by atoms with Gasteiger partial charge in [-0.2, -0.15) is 0 Å². The molecule has 0 atom stereocenters. The summed E-state index contributed by atoms with van der Waals surface area (Å²) in [6, 6.07) is 5.81. The molecule has 0 aliphatic heterocycles. The van der Waals surface area contributed by atoms with Crippen LogP contribution >= 0.6 is 0 Å². The van der Waals surface area contributed by atoms with Gasteiger partial charge in [-0.25, -0.2) is 0 Å². The summed E-state index contributed by atoms with van der Waals surface area (Å²) in [4.78, 5) is 23.3. The first-order valence-electron chi connectivity index (χ1n) is 6.83. The highest BCUT2D eigenvalue weighted by molar-refractivity contribution is 5.98. The van der Waals surface area contributed by atoms with Gasteiger partial charge in [-0.3, -0.25) is 9.59 Å². The molecule has 3 heteroatoms. The number of carbonyl (C=O) groups is 2. The molecule has 1 N–H and O–H groups in total. The van der Waals surface area contributed by atoms with E-state index in [9.17, 15) is 9.59 Å². The second-order valence-corrected chi connectivity index (χ2v) is 5.55. The molecule has 0 radical (unpaired) electrons. The molecule has 3 nitrogen and oxygen atoms in total. The Morgan fingerprint density at radius 2 is 1.58 bits per heavy atom. The number of hydrogen-bond acceptors (Lipinski definition) is 2. The summed E-state index contributed by atoms with van der Waals surface area (Å²) in [5, 5.41) is 8.96. The van der Waals surface area contributed by atoms with Crippen molar-refractivity contribution >= 4 is 11.8 Å². The molecular formula is C16H20O3. The van der Waals surface area contributed by atoms with E-state index in [0.29, 0.717) is 25.7 Å². The van der Waals surface area contributed by atoms with Crippen LogP contribution in [0.3, 0.4) is 0 Å². The molecule has 1 aliphatic rings. The van der Waals surface area contributed by atoms with Crippen LogP contribution in [0.5, 0.6) is 0 Å². The fourth-order valence-corrected chi connectivity index (χ4v) is 2.73. The molecule has 1 aromatic rings. The number of rotatable bonds is 3. The molecule has 2 rings (SSSR count). The monoisotopic (exact) mass is 260 g/mol. The third-order valence-corrected chi connectivity index (χ3v) is 4.24. The van der Waals surface area contributed by atoms with Gasteiger partial charge in [0.1, 0.15) is 0 Å². The zero-order chi connectivity index (χ0) is 14.0. The summed E-state index contributed by atoms with van der Waals surface area (Å²) in [5.74, 6) is -0.814. The van der Waals surface area contributed by atoms with E-state index in [1.165, 1.54) is 5.56 Å². The van der Waals surface area contributed by atoms with E-state index in [2.05, 4.69) is 0 Å². The molecule has 0 amide bonds. The van der Waals surface area contributed by atoms with Crippen LogP contribution in [0, 0.1) is 25.7 Å². The van der Waals surface area contributed by atoms with Crippen molar-refractivity contribution in [2.45, 2.75) is 39.5 Å². The third-order valence-electron chi connectivity index (χ3n) is 4.24. The molecule has 1 aromatic carbocycles. The summed E-state index contributed by atoms with van der Waals surface area (Å²) in [6.07, 6.45) is 2.64. The number of aliphatic carboxylic acids is 1. The Bertz CT molecular complexity index is 497. The van der Waals surface area contributed by atoms with Gasteiger partial charge in [0.15, 0.2) is 5.78 Å². The van der Waals surface area contributed by atoms with E-state index in [4.69, 9.17) is 5.11 Å². The van der Waals surface area contributed by atoms with E-state index < -0.39 is 5.97 Å². The highest BCUT2D eigenvalue weighted by atomic mass is 16.4. The van der Waals surface area contributed by atoms with Crippen LogP contribution in [0.2, 0.25) is 0 Å². The Labute approximate surface area is 113 Å². The minimum atomic E-state index is -0.725. The third kappa shape index (κ3) is 3.03. The zero-order valence-corrected chi connectivity index (χ0v) is 11.5. The lowest BCUT2D eigenvalue weighted by Crippen LogP contribution is -2.26. The summed E-state index contributed by atoms with van der Waals surface area (Å²) < 4.78 is 0. The first-order valence-corrected chi connectivity index (χ1v) is 6.83. The Balaban J connectivity index is 2.05. The predicted molar refractivity (Wildman–Crippen MR) is 73.3 cm³/mol. The Kier molecular flexibility index (Phi) is 4.03. The van der Waals surface area contributed by atoms with Crippen molar-refractivity contribution in [2.75, 3.05) is 0 Å². The van der Waals surface area contributed by atoms with Gasteiger partial charge < -0.3 is 5.11 Å². The van der Waals surface area contributed by atoms with Crippen molar-refractivity contribution < 1.29 is 14.7 Å². The van der Waals surface area contributed by atoms with Crippen molar-refractivity contribution in [1.29, 1.82) is 0 Å². The Morgan fingerprint density at radius 3 is 2.11 bits per heavy atom. The number of Topliss-reactive ketones (excluding diaryl/α,β-unsaturated/α-hetero) is 1. The number of ketones is 1. The van der Waals surface area contributed by atoms with Gasteiger partial charge in [0.05, 0.1) is 5.92 Å². The number of carbonyl (C=O) groups excluding carboxylic acids is 1. The minimum absolute atomic E-state index is 0.00212. The molecule has 0 aromatic heterocycles. The Hall–Kier alpha value is -1.64. The van der Waals surface area contributed by atoms with E-state index in [-0.39, 0.29) is 17.6 Å². The lowest BCUT2D eigenvalue weighted by atomic mass is 9.78. The number of aryl methyl sites for hydroxylation is 2. The lowest BCUT2D eigenvalue weighted by Gasteiger charge is -2.25. The maximum absolute atomic E-state index is 12.4. The average Bonchev–Trinajstić information content (AvgIpc) is 2.41. The van der Waals surface area contributed by atoms with Crippen molar-refractivity contribution in [1.82, 2.24) is 0 Å². The van der Waals surface area contributed by atoms with Gasteiger partial charge in [0.2, 0.25) is 0 Å². The van der Waals surface area contributed by atoms with E-state index in [1.54, 1.807) is 0 Å². The van der Waals surface area contributed by atoms with Crippen molar-refractivity contribution in [3.63, 3.8) is 0 Å². The van der Waals surface area contributed by atoms with Crippen molar-refractivity contribution in [2.24, 2.45) is 11.8 Å². The SMILES string of the molecule is Cc1ccc(C(=O)C2CCC(C(=O)O)CC2)cc1C. The summed E-state index contributed by atoms with van der Waals surface area (Å²) in [5.41, 5.74) is 3.08. The van der Waals surface area contributed by atoms with Crippen LogP contribution in [0.25, 0.3) is 0 Å². The van der Waals surface area contributed by atoms with Gasteiger partial charge in [-0.1, -0.05) is 12.1 Å². The first kappa shape index (κ1) is 13.8. The van der Waals surface area contributed by atoms with Crippen molar-refractivity contribution in [3.05, 3.63) is 34.9 Å². The summed E-state index contributed by atoms with van der Waals surface area (Å²) in [7, 11) is 0. The molecule has 1 aliphatic carbocycles. The lowest BCUT2D eigenvalue weighted by molar-refractivity contribution is -0.143. The maximum Gasteiger partial charge on any atom is 0.306 e. The van der Waals surface area contributed by atoms with Crippen LogP contribution < -0.4 is 0 Å². The normalized spacial score (nSPS) is 23.1. The highest BCUT2D eigenvalue weighted by Gasteiger charge is 2.30. The van der Waals surface area contributed by atoms with Gasteiger partial charge >= 0.3 is 5.97 Å². The van der Waals surface area contributed by atoms with E-state index in [1.807, 2.05) is 32.0 Å². The molecule has 0 heterocycles. The molecule has 19 heavy (non-hydrogen) atoms. The van der Waals surface area contributed by atoms with E-state index >= 15 is 0 Å². The molecular weight excluding hydrogens is 240 g/mol. The molecule has 1 fully saturated rings. The first-order chi connectivity index (χ1) is 8.99. The topological polar surface area (TPSA) is 54.4 Å². The second-order valence-electron chi connectivity index (χ2n) is 5.55. The van der Waals surface area contributed by atoms with Crippen LogP contribution in [0.4, 0.5) is 0 Å². The molecule has 0 spiro atoms. The predicted octanol–water partition coefficient (Wildman–Crippen LogP) is 3.38. The fourth-order valence-electron chi connectivity index (χ4n) is 2.73.